The number of hydrogen-bond acceptors (Lipinski definition) is 3. The molecule has 1 unspecified atom stereocenters. The molecule has 2 aromatic carbocycles. The fourth-order valence-electron chi connectivity index (χ4n) is 1.90. The number of carbonyl (C=O) groups excluding carboxylic acids is 1. The highest BCUT2D eigenvalue weighted by molar-refractivity contribution is 7.85. The van der Waals surface area contributed by atoms with E-state index in [1.165, 1.54) is 19.2 Å². The Morgan fingerprint density at radius 2 is 1.83 bits per heavy atom. The molecule has 4 nitrogen and oxygen atoms in total. The van der Waals surface area contributed by atoms with Crippen LogP contribution in [0.15, 0.2) is 53.4 Å². The molecule has 0 aromatic heterocycles. The predicted molar refractivity (Wildman–Crippen MR) is 84.3 cm³/mol. The summed E-state index contributed by atoms with van der Waals surface area (Å²) in [6, 6.07) is 10.6. The molecule has 0 saturated carbocycles. The van der Waals surface area contributed by atoms with Crippen LogP contribution in [-0.4, -0.2) is 23.0 Å². The van der Waals surface area contributed by atoms with E-state index in [0.717, 1.165) is 12.1 Å². The maximum Gasteiger partial charge on any atom is 0.416 e. The zero-order chi connectivity index (χ0) is 17.7. The van der Waals surface area contributed by atoms with Crippen LogP contribution in [0, 0.1) is 0 Å². The fraction of sp³-hybridized carbons (Fsp3) is 0.188. The van der Waals surface area contributed by atoms with Crippen molar-refractivity contribution in [1.82, 2.24) is 0 Å². The zero-order valence-corrected chi connectivity index (χ0v) is 13.4. The summed E-state index contributed by atoms with van der Waals surface area (Å²) in [4.78, 5) is 12.3. The molecule has 1 N–H and O–H groups in total. The molecule has 0 aliphatic carbocycles. The van der Waals surface area contributed by atoms with Gasteiger partial charge >= 0.3 is 6.18 Å². The lowest BCUT2D eigenvalue weighted by Crippen LogP contribution is -2.20. The summed E-state index contributed by atoms with van der Waals surface area (Å²) in [5.41, 5.74) is -0.863. The molecule has 8 heteroatoms. The molecule has 0 spiro atoms. The van der Waals surface area contributed by atoms with E-state index in [1.54, 1.807) is 24.3 Å². The number of amides is 1. The van der Waals surface area contributed by atoms with Crippen LogP contribution >= 0.6 is 0 Å². The Labute approximate surface area is 139 Å². The molecule has 2 aromatic rings. The second-order valence-corrected chi connectivity index (χ2v) is 6.24. The zero-order valence-electron chi connectivity index (χ0n) is 12.6. The molecule has 128 valence electrons. The van der Waals surface area contributed by atoms with Gasteiger partial charge in [-0.3, -0.25) is 9.00 Å². The monoisotopic (exact) mass is 357 g/mol. The van der Waals surface area contributed by atoms with Gasteiger partial charge in [0.2, 0.25) is 5.91 Å². The standard InChI is InChI=1S/C16H14F3NO3S/c1-23-13-5-7-14(8-6-13)24(22)10-15(21)20-12-4-2-3-11(9-12)16(17,18)19/h2-9H,10H2,1H3,(H,20,21). The summed E-state index contributed by atoms with van der Waals surface area (Å²) < 4.78 is 55.0. The van der Waals surface area contributed by atoms with Gasteiger partial charge in [-0.2, -0.15) is 13.2 Å². The number of halogens is 3. The second-order valence-electron chi connectivity index (χ2n) is 4.79. The molecule has 0 saturated heterocycles. The topological polar surface area (TPSA) is 55.4 Å². The Morgan fingerprint density at radius 1 is 1.17 bits per heavy atom. The number of ether oxygens (including phenoxy) is 1. The highest BCUT2D eigenvalue weighted by atomic mass is 32.2. The normalized spacial score (nSPS) is 12.5. The van der Waals surface area contributed by atoms with E-state index in [0.29, 0.717) is 10.6 Å². The maximum absolute atomic E-state index is 12.6. The van der Waals surface area contributed by atoms with Gasteiger partial charge in [0.25, 0.3) is 0 Å². The third kappa shape index (κ3) is 4.82. The molecule has 0 bridgehead atoms. The van der Waals surface area contributed by atoms with E-state index in [-0.39, 0.29) is 11.4 Å². The SMILES string of the molecule is COc1ccc(S(=O)CC(=O)Nc2cccc(C(F)(F)F)c2)cc1. The average molecular weight is 357 g/mol. The summed E-state index contributed by atoms with van der Waals surface area (Å²) in [6.07, 6.45) is -4.49. The first kappa shape index (κ1) is 18.0. The van der Waals surface area contributed by atoms with Crippen LogP contribution in [0.25, 0.3) is 0 Å². The molecule has 24 heavy (non-hydrogen) atoms. The number of alkyl halides is 3. The first-order valence-corrected chi connectivity index (χ1v) is 8.11. The summed E-state index contributed by atoms with van der Waals surface area (Å²) in [5, 5.41) is 2.32. The number of methoxy groups -OCH3 is 1. The molecule has 0 fully saturated rings. The molecule has 0 aliphatic rings. The van der Waals surface area contributed by atoms with Crippen molar-refractivity contribution in [2.75, 3.05) is 18.2 Å². The lowest BCUT2D eigenvalue weighted by atomic mass is 10.2. The number of benzene rings is 2. The van der Waals surface area contributed by atoms with Crippen molar-refractivity contribution in [3.05, 3.63) is 54.1 Å². The molecule has 0 heterocycles. The van der Waals surface area contributed by atoms with Gasteiger partial charge in [-0.05, 0) is 42.5 Å². The van der Waals surface area contributed by atoms with Crippen LogP contribution < -0.4 is 10.1 Å². The quantitative estimate of drug-likeness (QED) is 0.892. The summed E-state index contributed by atoms with van der Waals surface area (Å²) in [5.74, 6) is -0.407. The Morgan fingerprint density at radius 3 is 2.42 bits per heavy atom. The number of carbonyl (C=O) groups is 1. The minimum absolute atomic E-state index is 0.00144. The smallest absolute Gasteiger partial charge is 0.416 e. The van der Waals surface area contributed by atoms with E-state index < -0.39 is 28.4 Å². The Bertz CT molecular complexity index is 745. The molecular formula is C16H14F3NO3S. The van der Waals surface area contributed by atoms with Crippen LogP contribution in [0.1, 0.15) is 5.56 Å². The minimum Gasteiger partial charge on any atom is -0.497 e. The first-order chi connectivity index (χ1) is 11.3. The molecule has 1 atom stereocenters. The highest BCUT2D eigenvalue weighted by Gasteiger charge is 2.30. The van der Waals surface area contributed by atoms with Crippen LogP contribution in [0.4, 0.5) is 18.9 Å². The van der Waals surface area contributed by atoms with Crippen molar-refractivity contribution in [3.8, 4) is 5.75 Å². The molecule has 1 amide bonds. The molecule has 0 aliphatic heterocycles. The van der Waals surface area contributed by atoms with Gasteiger partial charge in [0, 0.05) is 10.6 Å². The van der Waals surface area contributed by atoms with Crippen molar-refractivity contribution in [2.24, 2.45) is 0 Å². The van der Waals surface area contributed by atoms with Crippen molar-refractivity contribution >= 4 is 22.4 Å². The van der Waals surface area contributed by atoms with Gasteiger partial charge in [0.15, 0.2) is 0 Å². The van der Waals surface area contributed by atoms with Gasteiger partial charge in [-0.1, -0.05) is 6.07 Å². The van der Waals surface area contributed by atoms with Gasteiger partial charge in [-0.25, -0.2) is 0 Å². The van der Waals surface area contributed by atoms with E-state index >= 15 is 0 Å². The maximum atomic E-state index is 12.6. The Hall–Kier alpha value is -2.35. The number of anilines is 1. The van der Waals surface area contributed by atoms with Crippen molar-refractivity contribution in [3.63, 3.8) is 0 Å². The highest BCUT2D eigenvalue weighted by Crippen LogP contribution is 2.30. The molecular weight excluding hydrogens is 343 g/mol. The van der Waals surface area contributed by atoms with Crippen LogP contribution in [-0.2, 0) is 21.8 Å². The number of hydrogen-bond donors (Lipinski definition) is 1. The van der Waals surface area contributed by atoms with Crippen LogP contribution in [0.2, 0.25) is 0 Å². The van der Waals surface area contributed by atoms with E-state index in [4.69, 9.17) is 4.74 Å². The van der Waals surface area contributed by atoms with Gasteiger partial charge in [0.05, 0.1) is 23.5 Å². The summed E-state index contributed by atoms with van der Waals surface area (Å²) >= 11 is 0. The van der Waals surface area contributed by atoms with Crippen LogP contribution in [0.5, 0.6) is 5.75 Å². The van der Waals surface area contributed by atoms with Crippen molar-refractivity contribution < 1.29 is 26.9 Å². The number of rotatable bonds is 5. The van der Waals surface area contributed by atoms with Crippen molar-refractivity contribution in [2.45, 2.75) is 11.1 Å². The third-order valence-electron chi connectivity index (χ3n) is 3.06. The van der Waals surface area contributed by atoms with Crippen molar-refractivity contribution in [1.29, 1.82) is 0 Å². The largest absolute Gasteiger partial charge is 0.497 e. The van der Waals surface area contributed by atoms with E-state index in [1.807, 2.05) is 0 Å². The average Bonchev–Trinajstić information content (AvgIpc) is 2.54. The second kappa shape index (κ2) is 7.48. The summed E-state index contributed by atoms with van der Waals surface area (Å²) in [7, 11) is -0.115. The molecule has 2 rings (SSSR count). The Balaban J connectivity index is 2.01. The van der Waals surface area contributed by atoms with Gasteiger partial charge in [-0.15, -0.1) is 0 Å². The summed E-state index contributed by atoms with van der Waals surface area (Å²) in [6.45, 7) is 0. The lowest BCUT2D eigenvalue weighted by molar-refractivity contribution is -0.137. The number of nitrogens with one attached hydrogen (secondary N) is 1. The van der Waals surface area contributed by atoms with E-state index in [2.05, 4.69) is 5.32 Å². The van der Waals surface area contributed by atoms with Crippen LogP contribution in [0.3, 0.4) is 0 Å². The lowest BCUT2D eigenvalue weighted by Gasteiger charge is -2.10. The predicted octanol–water partition coefficient (Wildman–Crippen LogP) is 3.46. The Kier molecular flexibility index (Phi) is 5.61. The van der Waals surface area contributed by atoms with E-state index in [9.17, 15) is 22.2 Å². The van der Waals surface area contributed by atoms with Gasteiger partial charge < -0.3 is 10.1 Å². The molecule has 0 radical (unpaired) electrons. The first-order valence-electron chi connectivity index (χ1n) is 6.79. The fourth-order valence-corrected chi connectivity index (χ4v) is 2.82. The van der Waals surface area contributed by atoms with Gasteiger partial charge in [0.1, 0.15) is 11.5 Å². The minimum atomic E-state index is -4.49. The third-order valence-corrected chi connectivity index (χ3v) is 4.38.